The highest BCUT2D eigenvalue weighted by Crippen LogP contribution is 2.21. The Morgan fingerprint density at radius 2 is 1.95 bits per heavy atom. The zero-order valence-corrected chi connectivity index (χ0v) is 11.2. The number of nitrogens with zero attached hydrogens (tertiary/aromatic N) is 4. The molecule has 0 unspecified atom stereocenters. The first-order valence-electron chi connectivity index (χ1n) is 4.88. The third-order valence-corrected chi connectivity index (χ3v) is 4.25. The molecule has 2 aromatic rings. The van der Waals surface area contributed by atoms with Gasteiger partial charge in [-0.2, -0.15) is 8.42 Å². The predicted molar refractivity (Wildman–Crippen MR) is 67.1 cm³/mol. The lowest BCUT2D eigenvalue weighted by Crippen LogP contribution is -2.14. The van der Waals surface area contributed by atoms with Crippen LogP contribution in [0.5, 0.6) is 0 Å². The van der Waals surface area contributed by atoms with Crippen LogP contribution in [0.2, 0.25) is 0 Å². The lowest BCUT2D eigenvalue weighted by atomic mass is 10.7. The Morgan fingerprint density at radius 1 is 1.26 bits per heavy atom. The summed E-state index contributed by atoms with van der Waals surface area (Å²) >= 11 is 0.727. The second kappa shape index (κ2) is 5.24. The molecule has 1 amide bonds. The molecule has 0 aromatic carbocycles. The van der Waals surface area contributed by atoms with E-state index in [-0.39, 0.29) is 21.3 Å². The number of aromatic nitrogens is 4. The van der Waals surface area contributed by atoms with Gasteiger partial charge in [0.1, 0.15) is 0 Å². The van der Waals surface area contributed by atoms with Gasteiger partial charge in [-0.25, -0.2) is 14.7 Å². The molecule has 0 atom stereocenters. The molecule has 2 N–H and O–H groups in total. The van der Waals surface area contributed by atoms with Crippen molar-refractivity contribution >= 4 is 38.3 Å². The second-order valence-corrected chi connectivity index (χ2v) is 6.07. The quantitative estimate of drug-likeness (QED) is 0.766. The summed E-state index contributed by atoms with van der Waals surface area (Å²) < 4.78 is 25.7. The second-order valence-electron chi connectivity index (χ2n) is 3.23. The van der Waals surface area contributed by atoms with Crippen LogP contribution >= 0.6 is 11.3 Å². The molecule has 19 heavy (non-hydrogen) atoms. The predicted octanol–water partition coefficient (Wildman–Crippen LogP) is 0.0873. The van der Waals surface area contributed by atoms with Crippen LogP contribution in [-0.2, 0) is 14.8 Å². The number of carbonyl (C=O) groups is 1. The van der Waals surface area contributed by atoms with Crippen LogP contribution < -0.4 is 10.0 Å². The summed E-state index contributed by atoms with van der Waals surface area (Å²) in [5.74, 6) is -0.432. The van der Waals surface area contributed by atoms with Gasteiger partial charge in [0.15, 0.2) is 0 Å². The number of sulfonamides is 1. The standard InChI is InChI=1S/C8H8N6O3S2/c1-5(15)11-7-12-13-8(18-7)19(16,17)14-6-9-3-2-4-10-6/h2-4H,1H3,(H,9,10,14)(H,11,12,15). The van der Waals surface area contributed by atoms with E-state index in [9.17, 15) is 13.2 Å². The summed E-state index contributed by atoms with van der Waals surface area (Å²) in [7, 11) is -3.91. The third kappa shape index (κ3) is 3.42. The van der Waals surface area contributed by atoms with E-state index in [0.717, 1.165) is 11.3 Å². The molecule has 0 bridgehead atoms. The smallest absolute Gasteiger partial charge is 0.293 e. The fourth-order valence-electron chi connectivity index (χ4n) is 1.04. The zero-order valence-electron chi connectivity index (χ0n) is 9.56. The van der Waals surface area contributed by atoms with Crippen LogP contribution in [0.15, 0.2) is 22.8 Å². The summed E-state index contributed by atoms with van der Waals surface area (Å²) in [5, 5.41) is 9.47. The van der Waals surface area contributed by atoms with Gasteiger partial charge in [-0.3, -0.25) is 4.79 Å². The van der Waals surface area contributed by atoms with E-state index in [1.54, 1.807) is 6.07 Å². The van der Waals surface area contributed by atoms with Crippen molar-refractivity contribution in [3.63, 3.8) is 0 Å². The number of anilines is 2. The molecule has 0 spiro atoms. The molecule has 0 aliphatic carbocycles. The van der Waals surface area contributed by atoms with E-state index in [4.69, 9.17) is 0 Å². The van der Waals surface area contributed by atoms with Gasteiger partial charge >= 0.3 is 0 Å². The van der Waals surface area contributed by atoms with Crippen LogP contribution in [0.25, 0.3) is 0 Å². The van der Waals surface area contributed by atoms with Crippen molar-refractivity contribution in [2.75, 3.05) is 10.0 Å². The number of amides is 1. The van der Waals surface area contributed by atoms with Crippen molar-refractivity contribution in [2.24, 2.45) is 0 Å². The minimum atomic E-state index is -3.91. The molecule has 0 radical (unpaired) electrons. The summed E-state index contributed by atoms with van der Waals surface area (Å²) in [6.45, 7) is 1.28. The highest BCUT2D eigenvalue weighted by molar-refractivity contribution is 7.94. The summed E-state index contributed by atoms with van der Waals surface area (Å²) in [4.78, 5) is 18.3. The minimum Gasteiger partial charge on any atom is -0.301 e. The summed E-state index contributed by atoms with van der Waals surface area (Å²) in [5.41, 5.74) is 0. The number of hydrogen-bond acceptors (Lipinski definition) is 8. The molecule has 100 valence electrons. The van der Waals surface area contributed by atoms with Crippen LogP contribution in [0.4, 0.5) is 11.1 Å². The Balaban J connectivity index is 2.20. The molecular weight excluding hydrogens is 292 g/mol. The number of rotatable bonds is 4. The maximum atomic E-state index is 11.9. The van der Waals surface area contributed by atoms with Crippen molar-refractivity contribution in [2.45, 2.75) is 11.3 Å². The lowest BCUT2D eigenvalue weighted by Gasteiger charge is -2.01. The van der Waals surface area contributed by atoms with Crippen LogP contribution in [-0.4, -0.2) is 34.5 Å². The molecule has 2 aromatic heterocycles. The van der Waals surface area contributed by atoms with Gasteiger partial charge in [0, 0.05) is 19.3 Å². The van der Waals surface area contributed by atoms with Gasteiger partial charge in [-0.15, -0.1) is 10.2 Å². The molecular formula is C8H8N6O3S2. The Morgan fingerprint density at radius 3 is 2.58 bits per heavy atom. The first-order valence-corrected chi connectivity index (χ1v) is 7.18. The molecule has 0 fully saturated rings. The first kappa shape index (κ1) is 13.3. The molecule has 0 aliphatic rings. The highest BCUT2D eigenvalue weighted by Gasteiger charge is 2.21. The van der Waals surface area contributed by atoms with Gasteiger partial charge in [-0.05, 0) is 6.07 Å². The van der Waals surface area contributed by atoms with Gasteiger partial charge in [0.25, 0.3) is 14.4 Å². The molecule has 0 saturated carbocycles. The van der Waals surface area contributed by atoms with Crippen molar-refractivity contribution < 1.29 is 13.2 Å². The maximum Gasteiger partial charge on any atom is 0.293 e. The number of nitrogens with one attached hydrogen (secondary N) is 2. The molecule has 0 saturated heterocycles. The average molecular weight is 300 g/mol. The Bertz CT molecular complexity index is 684. The fourth-order valence-corrected chi connectivity index (χ4v) is 2.94. The normalized spacial score (nSPS) is 11.0. The fraction of sp³-hybridized carbons (Fsp3) is 0.125. The van der Waals surface area contributed by atoms with Crippen LogP contribution in [0.1, 0.15) is 6.92 Å². The SMILES string of the molecule is CC(=O)Nc1nnc(S(=O)(=O)Nc2ncccn2)s1. The molecule has 11 heteroatoms. The number of hydrogen-bond donors (Lipinski definition) is 2. The van der Waals surface area contributed by atoms with E-state index < -0.39 is 10.0 Å². The lowest BCUT2D eigenvalue weighted by molar-refractivity contribution is -0.114. The monoisotopic (exact) mass is 300 g/mol. The van der Waals surface area contributed by atoms with Crippen molar-refractivity contribution in [1.82, 2.24) is 20.2 Å². The third-order valence-electron chi connectivity index (χ3n) is 1.71. The van der Waals surface area contributed by atoms with Gasteiger partial charge in [0.2, 0.25) is 17.0 Å². The van der Waals surface area contributed by atoms with E-state index in [2.05, 4.69) is 30.2 Å². The number of carbonyl (C=O) groups excluding carboxylic acids is 1. The highest BCUT2D eigenvalue weighted by atomic mass is 32.2. The Kier molecular flexibility index (Phi) is 3.66. The summed E-state index contributed by atoms with van der Waals surface area (Å²) in [6, 6.07) is 1.55. The molecule has 2 rings (SSSR count). The maximum absolute atomic E-state index is 11.9. The van der Waals surface area contributed by atoms with E-state index in [1.165, 1.54) is 19.3 Å². The zero-order chi connectivity index (χ0) is 13.9. The molecule has 9 nitrogen and oxygen atoms in total. The first-order chi connectivity index (χ1) is 8.97. The van der Waals surface area contributed by atoms with Crippen LogP contribution in [0.3, 0.4) is 0 Å². The van der Waals surface area contributed by atoms with E-state index in [0.29, 0.717) is 0 Å². The summed E-state index contributed by atoms with van der Waals surface area (Å²) in [6.07, 6.45) is 2.79. The largest absolute Gasteiger partial charge is 0.301 e. The Hall–Kier alpha value is -2.14. The van der Waals surface area contributed by atoms with Gasteiger partial charge in [-0.1, -0.05) is 11.3 Å². The minimum absolute atomic E-state index is 0.0706. The molecule has 0 aliphatic heterocycles. The van der Waals surface area contributed by atoms with Crippen molar-refractivity contribution in [3.8, 4) is 0 Å². The van der Waals surface area contributed by atoms with Crippen molar-refractivity contribution in [3.05, 3.63) is 18.5 Å². The Labute approximate surface area is 112 Å². The van der Waals surface area contributed by atoms with E-state index >= 15 is 0 Å². The average Bonchev–Trinajstić information content (AvgIpc) is 2.78. The van der Waals surface area contributed by atoms with E-state index in [1.807, 2.05) is 0 Å². The van der Waals surface area contributed by atoms with Gasteiger partial charge < -0.3 is 5.32 Å². The van der Waals surface area contributed by atoms with Crippen molar-refractivity contribution in [1.29, 1.82) is 0 Å². The molecule has 2 heterocycles. The van der Waals surface area contributed by atoms with Gasteiger partial charge in [0.05, 0.1) is 0 Å². The topological polar surface area (TPSA) is 127 Å². The van der Waals surface area contributed by atoms with Crippen LogP contribution in [0, 0.1) is 0 Å².